The van der Waals surface area contributed by atoms with Gasteiger partial charge in [-0.2, -0.15) is 0 Å². The molecule has 0 unspecified atom stereocenters. The number of urea groups is 1. The summed E-state index contributed by atoms with van der Waals surface area (Å²) in [7, 11) is 3.88. The lowest BCUT2D eigenvalue weighted by atomic mass is 9.95. The second kappa shape index (κ2) is 9.81. The summed E-state index contributed by atoms with van der Waals surface area (Å²) in [5.74, 6) is 0.217. The maximum Gasteiger partial charge on any atom is 0.319 e. The molecule has 1 heterocycles. The second-order valence-corrected chi connectivity index (χ2v) is 7.04. The van der Waals surface area contributed by atoms with Crippen LogP contribution in [-0.2, 0) is 0 Å². The van der Waals surface area contributed by atoms with Crippen LogP contribution in [0.2, 0.25) is 0 Å². The summed E-state index contributed by atoms with van der Waals surface area (Å²) in [5, 5.41) is 23.9. The number of aliphatic hydroxyl groups excluding tert-OH is 1. The summed E-state index contributed by atoms with van der Waals surface area (Å²) in [6.07, 6.45) is 0.574. The lowest BCUT2D eigenvalue weighted by Crippen LogP contribution is -2.39. The molecule has 2 atom stereocenters. The van der Waals surface area contributed by atoms with E-state index in [2.05, 4.69) is 20.8 Å². The van der Waals surface area contributed by atoms with E-state index < -0.39 is 6.10 Å². The number of anilines is 1. The highest BCUT2D eigenvalue weighted by molar-refractivity contribution is 5.89. The van der Waals surface area contributed by atoms with Gasteiger partial charge in [-0.15, -0.1) is 10.2 Å². The monoisotopic (exact) mass is 395 g/mol. The van der Waals surface area contributed by atoms with E-state index >= 15 is 0 Å². The maximum atomic E-state index is 12.4. The summed E-state index contributed by atoms with van der Waals surface area (Å²) >= 11 is 0. The maximum absolute atomic E-state index is 12.4. The van der Waals surface area contributed by atoms with Crippen LogP contribution < -0.4 is 10.6 Å². The summed E-state index contributed by atoms with van der Waals surface area (Å²) in [6.45, 7) is 0.951. The van der Waals surface area contributed by atoms with Gasteiger partial charge in [-0.3, -0.25) is 0 Å². The van der Waals surface area contributed by atoms with Crippen molar-refractivity contribution in [1.82, 2.24) is 20.4 Å². The largest absolute Gasteiger partial charge is 0.423 e. The number of aromatic nitrogens is 2. The molecular formula is C21H25N5O3. The summed E-state index contributed by atoms with van der Waals surface area (Å²) < 4.78 is 5.18. The van der Waals surface area contributed by atoms with Gasteiger partial charge in [-0.25, -0.2) is 4.79 Å². The zero-order chi connectivity index (χ0) is 20.6. The fraction of sp³-hybridized carbons (Fsp3) is 0.286. The van der Waals surface area contributed by atoms with Crippen LogP contribution in [0, 0.1) is 5.92 Å². The van der Waals surface area contributed by atoms with Gasteiger partial charge in [0.25, 0.3) is 0 Å². The van der Waals surface area contributed by atoms with Crippen molar-refractivity contribution in [1.29, 1.82) is 0 Å². The SMILES string of the molecule is CN(C)C[C@@H](CNC(=O)Nc1cccc(-c2nnco2)c1)[C@@H](O)c1ccccc1. The Labute approximate surface area is 169 Å². The molecule has 152 valence electrons. The molecule has 0 aliphatic rings. The molecule has 0 saturated heterocycles. The normalized spacial score (nSPS) is 13.1. The van der Waals surface area contributed by atoms with E-state index in [1.165, 1.54) is 6.39 Å². The van der Waals surface area contributed by atoms with Crippen molar-refractivity contribution in [2.75, 3.05) is 32.5 Å². The first kappa shape index (κ1) is 20.5. The number of aliphatic hydroxyl groups is 1. The molecular weight excluding hydrogens is 370 g/mol. The van der Waals surface area contributed by atoms with Crippen LogP contribution in [0.5, 0.6) is 0 Å². The zero-order valence-electron chi connectivity index (χ0n) is 16.4. The number of hydrogen-bond acceptors (Lipinski definition) is 6. The first-order valence-corrected chi connectivity index (χ1v) is 9.32. The second-order valence-electron chi connectivity index (χ2n) is 7.04. The van der Waals surface area contributed by atoms with Gasteiger partial charge in [0, 0.05) is 30.3 Å². The van der Waals surface area contributed by atoms with Crippen molar-refractivity contribution < 1.29 is 14.3 Å². The van der Waals surface area contributed by atoms with Crippen molar-refractivity contribution in [3.8, 4) is 11.5 Å². The number of hydrogen-bond donors (Lipinski definition) is 3. The molecule has 3 rings (SSSR count). The Morgan fingerprint density at radius 2 is 1.97 bits per heavy atom. The van der Waals surface area contributed by atoms with Crippen LogP contribution in [-0.4, -0.2) is 53.4 Å². The van der Waals surface area contributed by atoms with E-state index in [4.69, 9.17) is 4.42 Å². The van der Waals surface area contributed by atoms with Crippen LogP contribution >= 0.6 is 0 Å². The molecule has 0 aliphatic carbocycles. The van der Waals surface area contributed by atoms with Crippen molar-refractivity contribution in [2.45, 2.75) is 6.10 Å². The van der Waals surface area contributed by atoms with E-state index in [0.717, 1.165) is 5.56 Å². The molecule has 2 amide bonds. The Morgan fingerprint density at radius 1 is 1.17 bits per heavy atom. The molecule has 3 aromatic rings. The Morgan fingerprint density at radius 3 is 2.66 bits per heavy atom. The highest BCUT2D eigenvalue weighted by Crippen LogP contribution is 2.23. The molecule has 0 bridgehead atoms. The van der Waals surface area contributed by atoms with Gasteiger partial charge in [0.2, 0.25) is 12.3 Å². The van der Waals surface area contributed by atoms with Crippen molar-refractivity contribution in [2.24, 2.45) is 5.92 Å². The Balaban J connectivity index is 1.61. The van der Waals surface area contributed by atoms with Gasteiger partial charge < -0.3 is 25.1 Å². The van der Waals surface area contributed by atoms with Gasteiger partial charge in [-0.05, 0) is 37.9 Å². The fourth-order valence-electron chi connectivity index (χ4n) is 3.10. The van der Waals surface area contributed by atoms with E-state index in [1.807, 2.05) is 55.4 Å². The number of carbonyl (C=O) groups excluding carboxylic acids is 1. The van der Waals surface area contributed by atoms with Crippen LogP contribution in [0.25, 0.3) is 11.5 Å². The number of rotatable bonds is 8. The smallest absolute Gasteiger partial charge is 0.319 e. The predicted molar refractivity (Wildman–Crippen MR) is 110 cm³/mol. The predicted octanol–water partition coefficient (Wildman–Crippen LogP) is 2.77. The standard InChI is InChI=1S/C21H25N5O3/c1-26(2)13-17(19(27)15-7-4-3-5-8-15)12-22-21(28)24-18-10-6-9-16(11-18)20-25-23-14-29-20/h3-11,14,17,19,27H,12-13H2,1-2H3,(H2,22,24,28)/t17-,19+/m1/s1. The number of carbonyl (C=O) groups is 1. The van der Waals surface area contributed by atoms with Crippen LogP contribution in [0.4, 0.5) is 10.5 Å². The highest BCUT2D eigenvalue weighted by atomic mass is 16.4. The van der Waals surface area contributed by atoms with E-state index in [-0.39, 0.29) is 11.9 Å². The molecule has 3 N–H and O–H groups in total. The van der Waals surface area contributed by atoms with Crippen molar-refractivity contribution >= 4 is 11.7 Å². The lowest BCUT2D eigenvalue weighted by molar-refractivity contribution is 0.0911. The van der Waals surface area contributed by atoms with Gasteiger partial charge in [0.15, 0.2) is 0 Å². The first-order valence-electron chi connectivity index (χ1n) is 9.32. The number of benzene rings is 2. The quantitative estimate of drug-likeness (QED) is 0.542. The van der Waals surface area contributed by atoms with E-state index in [1.54, 1.807) is 18.2 Å². The van der Waals surface area contributed by atoms with Gasteiger partial charge in [0.1, 0.15) is 0 Å². The Kier molecular flexibility index (Phi) is 6.94. The number of amides is 2. The minimum absolute atomic E-state index is 0.164. The third-order valence-corrected chi connectivity index (χ3v) is 4.44. The van der Waals surface area contributed by atoms with Gasteiger partial charge in [0.05, 0.1) is 6.10 Å². The average Bonchev–Trinajstić information content (AvgIpc) is 3.26. The Bertz CT molecular complexity index is 900. The molecule has 0 radical (unpaired) electrons. The summed E-state index contributed by atoms with van der Waals surface area (Å²) in [6, 6.07) is 16.3. The zero-order valence-corrected chi connectivity index (χ0v) is 16.4. The van der Waals surface area contributed by atoms with Crippen molar-refractivity contribution in [3.05, 3.63) is 66.6 Å². The van der Waals surface area contributed by atoms with Crippen LogP contribution in [0.15, 0.2) is 65.4 Å². The first-order chi connectivity index (χ1) is 14.0. The molecule has 2 aromatic carbocycles. The molecule has 0 aliphatic heterocycles. The number of nitrogens with one attached hydrogen (secondary N) is 2. The van der Waals surface area contributed by atoms with E-state index in [9.17, 15) is 9.90 Å². The fourth-order valence-corrected chi connectivity index (χ4v) is 3.10. The minimum Gasteiger partial charge on any atom is -0.423 e. The summed E-state index contributed by atoms with van der Waals surface area (Å²) in [5.41, 5.74) is 2.14. The summed E-state index contributed by atoms with van der Waals surface area (Å²) in [4.78, 5) is 14.4. The molecule has 8 heteroatoms. The third kappa shape index (κ3) is 5.87. The lowest BCUT2D eigenvalue weighted by Gasteiger charge is -2.26. The highest BCUT2D eigenvalue weighted by Gasteiger charge is 2.22. The molecule has 8 nitrogen and oxygen atoms in total. The molecule has 0 spiro atoms. The molecule has 0 fully saturated rings. The molecule has 29 heavy (non-hydrogen) atoms. The molecule has 1 aromatic heterocycles. The van der Waals surface area contributed by atoms with Crippen molar-refractivity contribution in [3.63, 3.8) is 0 Å². The van der Waals surface area contributed by atoms with Crippen LogP contribution in [0.1, 0.15) is 11.7 Å². The van der Waals surface area contributed by atoms with E-state index in [0.29, 0.717) is 30.2 Å². The van der Waals surface area contributed by atoms with Gasteiger partial charge >= 0.3 is 6.03 Å². The third-order valence-electron chi connectivity index (χ3n) is 4.44. The van der Waals surface area contributed by atoms with Crippen LogP contribution in [0.3, 0.4) is 0 Å². The topological polar surface area (TPSA) is 104 Å². The molecule has 0 saturated carbocycles. The number of nitrogens with zero attached hydrogens (tertiary/aromatic N) is 3. The van der Waals surface area contributed by atoms with Gasteiger partial charge in [-0.1, -0.05) is 36.4 Å². The minimum atomic E-state index is -0.681. The average molecular weight is 395 g/mol. The Hall–Kier alpha value is -3.23.